The number of thiophene rings is 1. The Labute approximate surface area is 164 Å². The molecule has 2 nitrogen and oxygen atoms in total. The van der Waals surface area contributed by atoms with Crippen LogP contribution in [0.1, 0.15) is 22.0 Å². The Bertz CT molecular complexity index is 715. The molecule has 2 aromatic rings. The van der Waals surface area contributed by atoms with Gasteiger partial charge in [-0.15, -0.1) is 23.7 Å². The zero-order chi connectivity index (χ0) is 17.3. The lowest BCUT2D eigenvalue weighted by molar-refractivity contribution is -0.137. The van der Waals surface area contributed by atoms with Gasteiger partial charge in [-0.3, -0.25) is 4.90 Å². The third kappa shape index (κ3) is 4.81. The molecule has 0 amide bonds. The minimum atomic E-state index is -4.48. The predicted molar refractivity (Wildman–Crippen MR) is 99.3 cm³/mol. The molecule has 2 heterocycles. The minimum absolute atomic E-state index is 0. The van der Waals surface area contributed by atoms with Gasteiger partial charge in [-0.05, 0) is 29.8 Å². The van der Waals surface area contributed by atoms with E-state index in [0.717, 1.165) is 37.1 Å². The van der Waals surface area contributed by atoms with Gasteiger partial charge < -0.3 is 5.32 Å². The van der Waals surface area contributed by atoms with Crippen LogP contribution in [0.2, 0.25) is 9.36 Å². The van der Waals surface area contributed by atoms with Crippen molar-refractivity contribution in [1.82, 2.24) is 10.2 Å². The number of nitrogens with one attached hydrogen (secondary N) is 1. The van der Waals surface area contributed by atoms with Crippen LogP contribution in [0.25, 0.3) is 0 Å². The van der Waals surface area contributed by atoms with E-state index in [0.29, 0.717) is 9.90 Å². The lowest BCUT2D eigenvalue weighted by Crippen LogP contribution is -2.45. The number of halogens is 6. The van der Waals surface area contributed by atoms with Gasteiger partial charge in [0.05, 0.1) is 21.0 Å². The number of nitrogens with zero attached hydrogens (tertiary/aromatic N) is 1. The second-order valence-corrected chi connectivity index (χ2v) is 7.72. The molecule has 1 N–H and O–H groups in total. The van der Waals surface area contributed by atoms with E-state index >= 15 is 0 Å². The van der Waals surface area contributed by atoms with E-state index in [9.17, 15) is 13.2 Å². The summed E-state index contributed by atoms with van der Waals surface area (Å²) in [6.07, 6.45) is -4.48. The molecule has 0 unspecified atom stereocenters. The largest absolute Gasteiger partial charge is 0.417 e. The van der Waals surface area contributed by atoms with Gasteiger partial charge in [-0.25, -0.2) is 0 Å². The zero-order valence-electron chi connectivity index (χ0n) is 12.9. The molecule has 25 heavy (non-hydrogen) atoms. The van der Waals surface area contributed by atoms with Crippen LogP contribution in [0, 0.1) is 0 Å². The third-order valence-electron chi connectivity index (χ3n) is 3.99. The molecule has 1 aliphatic rings. The van der Waals surface area contributed by atoms with E-state index in [2.05, 4.69) is 10.2 Å². The monoisotopic (exact) mass is 430 g/mol. The van der Waals surface area contributed by atoms with Crippen LogP contribution in [0.5, 0.6) is 0 Å². The van der Waals surface area contributed by atoms with E-state index < -0.39 is 11.7 Å². The lowest BCUT2D eigenvalue weighted by Gasteiger charge is -2.35. The summed E-state index contributed by atoms with van der Waals surface area (Å²) >= 11 is 13.2. The molecule has 9 heteroatoms. The molecule has 3 rings (SSSR count). The van der Waals surface area contributed by atoms with Crippen molar-refractivity contribution in [2.24, 2.45) is 0 Å². The highest BCUT2D eigenvalue weighted by atomic mass is 35.5. The van der Waals surface area contributed by atoms with Gasteiger partial charge in [0.2, 0.25) is 0 Å². The molecule has 0 saturated carbocycles. The number of hydrogen-bond acceptors (Lipinski definition) is 3. The Balaban J connectivity index is 0.00000225. The van der Waals surface area contributed by atoms with Crippen molar-refractivity contribution in [3.05, 3.63) is 55.7 Å². The van der Waals surface area contributed by atoms with Crippen molar-refractivity contribution in [1.29, 1.82) is 0 Å². The second-order valence-electron chi connectivity index (χ2n) is 5.57. The fraction of sp³-hybridized carbons (Fsp3) is 0.375. The van der Waals surface area contributed by atoms with E-state index in [4.69, 9.17) is 23.2 Å². The van der Waals surface area contributed by atoms with Crippen LogP contribution < -0.4 is 5.32 Å². The normalized spacial score (nSPS) is 17.2. The van der Waals surface area contributed by atoms with Gasteiger partial charge in [-0.2, -0.15) is 13.2 Å². The van der Waals surface area contributed by atoms with Crippen LogP contribution in [0.3, 0.4) is 0 Å². The smallest absolute Gasteiger partial charge is 0.314 e. The summed E-state index contributed by atoms with van der Waals surface area (Å²) < 4.78 is 40.3. The highest BCUT2D eigenvalue weighted by Crippen LogP contribution is 2.40. The van der Waals surface area contributed by atoms with E-state index in [1.54, 1.807) is 12.1 Å². The molecular formula is C16H16Cl3F3N2S. The van der Waals surface area contributed by atoms with Crippen LogP contribution >= 0.6 is 46.9 Å². The first-order valence-electron chi connectivity index (χ1n) is 7.43. The number of benzene rings is 1. The van der Waals surface area contributed by atoms with Crippen LogP contribution in [0.15, 0.2) is 30.3 Å². The van der Waals surface area contributed by atoms with Gasteiger partial charge >= 0.3 is 6.18 Å². The first-order valence-corrected chi connectivity index (χ1v) is 9.00. The number of rotatable bonds is 3. The van der Waals surface area contributed by atoms with Gasteiger partial charge in [0.25, 0.3) is 0 Å². The Morgan fingerprint density at radius 2 is 1.76 bits per heavy atom. The average Bonchev–Trinajstić information content (AvgIpc) is 2.95. The predicted octanol–water partition coefficient (Wildman–Crippen LogP) is 5.49. The van der Waals surface area contributed by atoms with Crippen molar-refractivity contribution < 1.29 is 13.2 Å². The maximum absolute atomic E-state index is 13.2. The summed E-state index contributed by atoms with van der Waals surface area (Å²) in [6.45, 7) is 3.11. The SMILES string of the molecule is Cl.FC(F)(F)c1cc([C@@H](c2ccc(Cl)s2)N2CCNCC2)ccc1Cl. The minimum Gasteiger partial charge on any atom is -0.314 e. The van der Waals surface area contributed by atoms with Crippen molar-refractivity contribution in [3.8, 4) is 0 Å². The summed E-state index contributed by atoms with van der Waals surface area (Å²) in [6, 6.07) is 7.53. The Morgan fingerprint density at radius 1 is 1.08 bits per heavy atom. The maximum Gasteiger partial charge on any atom is 0.417 e. The molecule has 0 spiro atoms. The third-order valence-corrected chi connectivity index (χ3v) is 5.60. The molecule has 0 aliphatic carbocycles. The molecule has 1 aliphatic heterocycles. The molecular weight excluding hydrogens is 416 g/mol. The molecule has 0 radical (unpaired) electrons. The zero-order valence-corrected chi connectivity index (χ0v) is 16.1. The average molecular weight is 432 g/mol. The Kier molecular flexibility index (Phi) is 7.04. The van der Waals surface area contributed by atoms with Gasteiger partial charge in [0.1, 0.15) is 0 Å². The molecule has 1 aromatic heterocycles. The summed E-state index contributed by atoms with van der Waals surface area (Å²) in [5, 5.41) is 2.97. The molecule has 1 aromatic carbocycles. The van der Waals surface area contributed by atoms with Gasteiger partial charge in [0.15, 0.2) is 0 Å². The molecule has 1 saturated heterocycles. The number of piperazine rings is 1. The highest BCUT2D eigenvalue weighted by molar-refractivity contribution is 7.16. The number of alkyl halides is 3. The maximum atomic E-state index is 13.2. The van der Waals surface area contributed by atoms with E-state index in [1.165, 1.54) is 17.4 Å². The summed E-state index contributed by atoms with van der Waals surface area (Å²) in [5.74, 6) is 0. The first kappa shape index (κ1) is 20.8. The van der Waals surface area contributed by atoms with E-state index in [-0.39, 0.29) is 23.5 Å². The van der Waals surface area contributed by atoms with Crippen molar-refractivity contribution in [2.75, 3.05) is 26.2 Å². The second kappa shape index (κ2) is 8.46. The standard InChI is InChI=1S/C16H15Cl2F3N2S.ClH/c17-12-2-1-10(9-11(12)16(19,20)21)15(13-3-4-14(18)24-13)23-7-5-22-6-8-23;/h1-4,9,15,22H,5-8H2;1H/t15-;/m0./s1. The Morgan fingerprint density at radius 3 is 2.32 bits per heavy atom. The topological polar surface area (TPSA) is 15.3 Å². The van der Waals surface area contributed by atoms with Crippen molar-refractivity contribution in [3.63, 3.8) is 0 Å². The van der Waals surface area contributed by atoms with Crippen molar-refractivity contribution in [2.45, 2.75) is 12.2 Å². The summed E-state index contributed by atoms with van der Waals surface area (Å²) in [4.78, 5) is 3.10. The molecule has 138 valence electrons. The quantitative estimate of drug-likeness (QED) is 0.691. The molecule has 1 fully saturated rings. The lowest BCUT2D eigenvalue weighted by atomic mass is 10.00. The fourth-order valence-electron chi connectivity index (χ4n) is 2.90. The van der Waals surface area contributed by atoms with Crippen LogP contribution in [-0.4, -0.2) is 31.1 Å². The molecule has 1 atom stereocenters. The highest BCUT2D eigenvalue weighted by Gasteiger charge is 2.35. The van der Waals surface area contributed by atoms with Gasteiger partial charge in [0, 0.05) is 31.1 Å². The number of hydrogen-bond donors (Lipinski definition) is 1. The van der Waals surface area contributed by atoms with Gasteiger partial charge in [-0.1, -0.05) is 29.3 Å². The molecule has 0 bridgehead atoms. The van der Waals surface area contributed by atoms with Crippen LogP contribution in [0.4, 0.5) is 13.2 Å². The summed E-state index contributed by atoms with van der Waals surface area (Å²) in [5.41, 5.74) is -0.225. The van der Waals surface area contributed by atoms with E-state index in [1.807, 2.05) is 6.07 Å². The van der Waals surface area contributed by atoms with Crippen molar-refractivity contribution >= 4 is 46.9 Å². The van der Waals surface area contributed by atoms with Crippen LogP contribution in [-0.2, 0) is 6.18 Å². The summed E-state index contributed by atoms with van der Waals surface area (Å²) in [7, 11) is 0. The fourth-order valence-corrected chi connectivity index (χ4v) is 4.35. The Hall–Kier alpha value is -0.500. The first-order chi connectivity index (χ1) is 11.4.